The first-order chi connectivity index (χ1) is 16.5. The molecule has 0 saturated heterocycles. The Bertz CT molecular complexity index is 1110. The Labute approximate surface area is 207 Å². The number of rotatable bonds is 8. The molecule has 0 spiro atoms. The normalized spacial score (nSPS) is 16.6. The Kier molecular flexibility index (Phi) is 10.0. The van der Waals surface area contributed by atoms with Crippen molar-refractivity contribution in [2.75, 3.05) is 6.61 Å². The molecule has 0 bridgehead atoms. The van der Waals surface area contributed by atoms with E-state index in [1.165, 1.54) is 42.2 Å². The predicted octanol–water partition coefficient (Wildman–Crippen LogP) is 6.15. The summed E-state index contributed by atoms with van der Waals surface area (Å²) in [4.78, 5) is 35.6. The third kappa shape index (κ3) is 8.89. The number of phenolic OH excluding ortho intramolecular Hbond substituents is 1. The Morgan fingerprint density at radius 2 is 1.80 bits per heavy atom. The molecule has 186 valence electrons. The lowest BCUT2D eigenvalue weighted by atomic mass is 9.72. The van der Waals surface area contributed by atoms with Gasteiger partial charge in [-0.1, -0.05) is 67.5 Å². The van der Waals surface area contributed by atoms with Crippen molar-refractivity contribution in [3.63, 3.8) is 0 Å². The summed E-state index contributed by atoms with van der Waals surface area (Å²) < 4.78 is 9.42. The number of ether oxygens (including phenoxy) is 2. The minimum Gasteiger partial charge on any atom is -0.507 e. The largest absolute Gasteiger partial charge is 0.507 e. The number of phenols is 1. The second-order valence-electron chi connectivity index (χ2n) is 9.31. The van der Waals surface area contributed by atoms with E-state index >= 15 is 0 Å². The third-order valence-electron chi connectivity index (χ3n) is 5.78. The number of allylic oxidation sites excluding steroid dienone is 9. The van der Waals surface area contributed by atoms with E-state index in [-0.39, 0.29) is 16.7 Å². The third-order valence-corrected chi connectivity index (χ3v) is 5.78. The molecule has 0 amide bonds. The lowest BCUT2D eigenvalue weighted by Crippen LogP contribution is -2.19. The van der Waals surface area contributed by atoms with Crippen LogP contribution in [0, 0.1) is 5.41 Å². The first kappa shape index (κ1) is 27.6. The molecule has 1 aliphatic carbocycles. The average Bonchev–Trinajstić information content (AvgIpc) is 2.76. The highest BCUT2D eigenvalue weighted by atomic mass is 16.6. The average molecular weight is 479 g/mol. The van der Waals surface area contributed by atoms with Gasteiger partial charge < -0.3 is 14.6 Å². The number of para-hydroxylation sites is 1. The first-order valence-corrected chi connectivity index (χ1v) is 11.6. The molecule has 1 N–H and O–H groups in total. The van der Waals surface area contributed by atoms with Gasteiger partial charge in [0.25, 0.3) is 0 Å². The number of carbonyl (C=O) groups is 3. The zero-order chi connectivity index (χ0) is 26.0. The number of hydrogen-bond acceptors (Lipinski definition) is 6. The Balaban J connectivity index is 1.85. The van der Waals surface area contributed by atoms with Crippen LogP contribution in [0.5, 0.6) is 5.75 Å². The molecule has 0 saturated carbocycles. The molecule has 0 unspecified atom stereocenters. The molecule has 35 heavy (non-hydrogen) atoms. The van der Waals surface area contributed by atoms with Gasteiger partial charge in [-0.3, -0.25) is 0 Å². The summed E-state index contributed by atoms with van der Waals surface area (Å²) in [7, 11) is 0. The van der Waals surface area contributed by atoms with E-state index in [1.54, 1.807) is 25.1 Å². The molecule has 1 aromatic rings. The van der Waals surface area contributed by atoms with Gasteiger partial charge >= 0.3 is 17.9 Å². The van der Waals surface area contributed by atoms with Crippen LogP contribution >= 0.6 is 0 Å². The van der Waals surface area contributed by atoms with Crippen molar-refractivity contribution >= 4 is 17.9 Å². The van der Waals surface area contributed by atoms with Crippen molar-refractivity contribution in [1.82, 2.24) is 0 Å². The molecule has 0 radical (unpaired) electrons. The monoisotopic (exact) mass is 478 g/mol. The number of carbonyl (C=O) groups excluding carboxylic acids is 3. The zero-order valence-electron chi connectivity index (χ0n) is 21.1. The van der Waals surface area contributed by atoms with Crippen molar-refractivity contribution < 1.29 is 29.0 Å². The lowest BCUT2D eigenvalue weighted by Gasteiger charge is -2.32. The van der Waals surface area contributed by atoms with E-state index in [1.807, 2.05) is 19.1 Å². The molecule has 0 aromatic heterocycles. The highest BCUT2D eigenvalue weighted by molar-refractivity contribution is 5.96. The molecular formula is C29H34O6. The minimum atomic E-state index is -1.01. The maximum absolute atomic E-state index is 11.9. The van der Waals surface area contributed by atoms with Gasteiger partial charge in [-0.25, -0.2) is 14.4 Å². The van der Waals surface area contributed by atoms with Crippen molar-refractivity contribution in [3.8, 4) is 5.75 Å². The van der Waals surface area contributed by atoms with Crippen LogP contribution in [0.15, 0.2) is 83.0 Å². The summed E-state index contributed by atoms with van der Waals surface area (Å²) >= 11 is 0. The van der Waals surface area contributed by atoms with Crippen molar-refractivity contribution in [2.45, 2.75) is 53.9 Å². The fraction of sp³-hybridized carbons (Fsp3) is 0.345. The van der Waals surface area contributed by atoms with Crippen LogP contribution in [0.25, 0.3) is 0 Å². The van der Waals surface area contributed by atoms with Gasteiger partial charge in [0.15, 0.2) is 6.61 Å². The fourth-order valence-corrected chi connectivity index (χ4v) is 3.89. The van der Waals surface area contributed by atoms with Crippen LogP contribution in [-0.4, -0.2) is 29.6 Å². The SMILES string of the molecule is CC1=C(/C=C/C(C)=C/C=C/C(C)=C/C(=O)OC(=O)COC(=O)c2ccccc2O)C(C)(C)CCC1. The highest BCUT2D eigenvalue weighted by Gasteiger charge is 2.26. The maximum Gasteiger partial charge on any atom is 0.352 e. The Hall–Kier alpha value is -3.67. The van der Waals surface area contributed by atoms with E-state index < -0.39 is 24.5 Å². The minimum absolute atomic E-state index is 0.0833. The summed E-state index contributed by atoms with van der Waals surface area (Å²) in [6.07, 6.45) is 14.5. The van der Waals surface area contributed by atoms with Gasteiger partial charge in [0, 0.05) is 6.08 Å². The van der Waals surface area contributed by atoms with Crippen LogP contribution in [0.4, 0.5) is 0 Å². The van der Waals surface area contributed by atoms with Crippen molar-refractivity contribution in [2.24, 2.45) is 5.41 Å². The van der Waals surface area contributed by atoms with Crippen molar-refractivity contribution in [1.29, 1.82) is 0 Å². The first-order valence-electron chi connectivity index (χ1n) is 11.6. The summed E-state index contributed by atoms with van der Waals surface area (Å²) in [5.74, 6) is -3.03. The van der Waals surface area contributed by atoms with Crippen LogP contribution in [0.2, 0.25) is 0 Å². The Morgan fingerprint density at radius 1 is 1.09 bits per heavy atom. The summed E-state index contributed by atoms with van der Waals surface area (Å²) in [5, 5.41) is 9.62. The van der Waals surface area contributed by atoms with Gasteiger partial charge in [-0.2, -0.15) is 0 Å². The lowest BCUT2D eigenvalue weighted by molar-refractivity contribution is -0.158. The number of esters is 3. The number of benzene rings is 1. The molecule has 6 heteroatoms. The number of aromatic hydroxyl groups is 1. The smallest absolute Gasteiger partial charge is 0.352 e. The molecule has 0 aliphatic heterocycles. The van der Waals surface area contributed by atoms with Gasteiger partial charge in [0.2, 0.25) is 0 Å². The molecule has 0 fully saturated rings. The second kappa shape index (κ2) is 12.7. The standard InChI is InChI=1S/C29H34O6/c1-20(15-16-24-22(3)12-9-17-29(24,4)5)10-8-11-21(2)18-26(31)35-27(32)19-34-28(33)23-13-6-7-14-25(23)30/h6-8,10-11,13-16,18,30H,9,12,17,19H2,1-5H3/b11-8+,16-15+,20-10+,21-18+. The van der Waals surface area contributed by atoms with E-state index in [4.69, 9.17) is 4.74 Å². The van der Waals surface area contributed by atoms with Gasteiger partial charge in [0.1, 0.15) is 11.3 Å². The molecular weight excluding hydrogens is 444 g/mol. The fourth-order valence-electron chi connectivity index (χ4n) is 3.89. The number of hydrogen-bond donors (Lipinski definition) is 1. The molecule has 1 aliphatic rings. The summed E-state index contributed by atoms with van der Waals surface area (Å²) in [5.41, 5.74) is 4.61. The van der Waals surface area contributed by atoms with E-state index in [9.17, 15) is 19.5 Å². The van der Waals surface area contributed by atoms with Crippen LogP contribution < -0.4 is 0 Å². The Morgan fingerprint density at radius 3 is 2.49 bits per heavy atom. The van der Waals surface area contributed by atoms with Gasteiger partial charge in [0.05, 0.1) is 0 Å². The second-order valence-corrected chi connectivity index (χ2v) is 9.31. The zero-order valence-corrected chi connectivity index (χ0v) is 21.1. The van der Waals surface area contributed by atoms with Crippen LogP contribution in [-0.2, 0) is 19.1 Å². The van der Waals surface area contributed by atoms with Crippen LogP contribution in [0.1, 0.15) is 64.2 Å². The quantitative estimate of drug-likeness (QED) is 0.209. The van der Waals surface area contributed by atoms with E-state index in [0.717, 1.165) is 12.0 Å². The maximum atomic E-state index is 11.9. The molecule has 0 atom stereocenters. The molecule has 0 heterocycles. The molecule has 1 aromatic carbocycles. The van der Waals surface area contributed by atoms with Gasteiger partial charge in [-0.05, 0) is 68.7 Å². The topological polar surface area (TPSA) is 89.9 Å². The molecule has 6 nitrogen and oxygen atoms in total. The van der Waals surface area contributed by atoms with E-state index in [0.29, 0.717) is 5.57 Å². The van der Waals surface area contributed by atoms with Crippen LogP contribution in [0.3, 0.4) is 0 Å². The molecule has 2 rings (SSSR count). The predicted molar refractivity (Wildman–Crippen MR) is 136 cm³/mol. The highest BCUT2D eigenvalue weighted by Crippen LogP contribution is 2.40. The summed E-state index contributed by atoms with van der Waals surface area (Å²) in [6.45, 7) is 9.74. The van der Waals surface area contributed by atoms with Crippen molar-refractivity contribution in [3.05, 3.63) is 88.6 Å². The van der Waals surface area contributed by atoms with Gasteiger partial charge in [-0.15, -0.1) is 0 Å². The van der Waals surface area contributed by atoms with E-state index in [2.05, 4.69) is 37.7 Å². The summed E-state index contributed by atoms with van der Waals surface area (Å²) in [6, 6.07) is 5.77.